The summed E-state index contributed by atoms with van der Waals surface area (Å²) in [5, 5.41) is 0.645. The number of fused-ring (bicyclic) bond motifs is 1. The number of para-hydroxylation sites is 1. The molecule has 0 saturated carbocycles. The van der Waals surface area contributed by atoms with Crippen molar-refractivity contribution in [1.82, 2.24) is 4.57 Å². The molecule has 0 N–H and O–H groups in total. The molecule has 2 aromatic carbocycles. The molecule has 3 nitrogen and oxygen atoms in total. The molecule has 0 aliphatic rings. The van der Waals surface area contributed by atoms with Crippen molar-refractivity contribution in [1.29, 1.82) is 0 Å². The first-order chi connectivity index (χ1) is 11.5. The van der Waals surface area contributed by atoms with Crippen LogP contribution in [0, 0.1) is 5.82 Å². The summed E-state index contributed by atoms with van der Waals surface area (Å²) in [5.74, 6) is 0.160. The SMILES string of the molecule is Cn1c(=NC(=O)CCSc2ccc(F)cc2)sc2cccc(Cl)c21. The minimum atomic E-state index is -0.263. The van der Waals surface area contributed by atoms with Crippen LogP contribution < -0.4 is 4.80 Å². The topological polar surface area (TPSA) is 34.4 Å². The molecule has 24 heavy (non-hydrogen) atoms. The van der Waals surface area contributed by atoms with Crippen LogP contribution in [0.25, 0.3) is 10.2 Å². The number of thiazole rings is 1. The van der Waals surface area contributed by atoms with Crippen LogP contribution in [0.1, 0.15) is 6.42 Å². The summed E-state index contributed by atoms with van der Waals surface area (Å²) in [5.41, 5.74) is 0.886. The lowest BCUT2D eigenvalue weighted by atomic mass is 10.3. The molecule has 124 valence electrons. The first-order valence-corrected chi connectivity index (χ1v) is 9.42. The number of nitrogens with zero attached hydrogens (tertiary/aromatic N) is 2. The molecular formula is C17H14ClFN2OS2. The van der Waals surface area contributed by atoms with Crippen LogP contribution in [0.2, 0.25) is 5.02 Å². The summed E-state index contributed by atoms with van der Waals surface area (Å²) in [7, 11) is 1.85. The Kier molecular flexibility index (Phi) is 5.38. The number of carbonyl (C=O) groups is 1. The summed E-state index contributed by atoms with van der Waals surface area (Å²) in [6.45, 7) is 0. The maximum Gasteiger partial charge on any atom is 0.249 e. The molecule has 0 unspecified atom stereocenters. The van der Waals surface area contributed by atoms with E-state index in [0.717, 1.165) is 15.1 Å². The minimum absolute atomic E-state index is 0.178. The molecule has 0 atom stereocenters. The maximum atomic E-state index is 12.8. The van der Waals surface area contributed by atoms with E-state index >= 15 is 0 Å². The second-order valence-corrected chi connectivity index (χ2v) is 7.67. The predicted octanol–water partition coefficient (Wildman–Crippen LogP) is 4.64. The van der Waals surface area contributed by atoms with Crippen LogP contribution in [0.3, 0.4) is 0 Å². The van der Waals surface area contributed by atoms with Gasteiger partial charge >= 0.3 is 0 Å². The van der Waals surface area contributed by atoms with E-state index in [1.54, 1.807) is 12.1 Å². The van der Waals surface area contributed by atoms with Crippen molar-refractivity contribution in [2.45, 2.75) is 11.3 Å². The van der Waals surface area contributed by atoms with Crippen LogP contribution in [0.15, 0.2) is 52.4 Å². The second-order valence-electron chi connectivity index (χ2n) is 5.09. The molecule has 0 bridgehead atoms. The van der Waals surface area contributed by atoms with Crippen LogP contribution in [0.4, 0.5) is 4.39 Å². The Balaban J connectivity index is 1.70. The lowest BCUT2D eigenvalue weighted by Gasteiger charge is -1.99. The van der Waals surface area contributed by atoms with E-state index in [1.807, 2.05) is 29.8 Å². The molecule has 1 amide bonds. The molecule has 1 heterocycles. The first-order valence-electron chi connectivity index (χ1n) is 7.24. The van der Waals surface area contributed by atoms with Gasteiger partial charge in [0.25, 0.3) is 0 Å². The van der Waals surface area contributed by atoms with Crippen molar-refractivity contribution in [3.05, 3.63) is 58.1 Å². The van der Waals surface area contributed by atoms with Gasteiger partial charge in [-0.25, -0.2) is 4.39 Å². The molecular weight excluding hydrogens is 367 g/mol. The van der Waals surface area contributed by atoms with E-state index in [-0.39, 0.29) is 11.7 Å². The van der Waals surface area contributed by atoms with Crippen LogP contribution >= 0.6 is 34.7 Å². The van der Waals surface area contributed by atoms with Gasteiger partial charge < -0.3 is 4.57 Å². The molecule has 0 aliphatic heterocycles. The van der Waals surface area contributed by atoms with Crippen molar-refractivity contribution in [3.8, 4) is 0 Å². The standard InChI is InChI=1S/C17H14ClFN2OS2/c1-21-16-13(18)3-2-4-14(16)24-17(21)20-15(22)9-10-23-12-7-5-11(19)6-8-12/h2-8H,9-10H2,1H3. The molecule has 0 spiro atoms. The average molecular weight is 381 g/mol. The Bertz CT molecular complexity index is 947. The summed E-state index contributed by atoms with van der Waals surface area (Å²) in [6.07, 6.45) is 0.323. The van der Waals surface area contributed by atoms with Gasteiger partial charge in [0, 0.05) is 24.1 Å². The van der Waals surface area contributed by atoms with Gasteiger partial charge in [0.05, 0.1) is 15.2 Å². The highest BCUT2D eigenvalue weighted by atomic mass is 35.5. The highest BCUT2D eigenvalue weighted by Crippen LogP contribution is 2.24. The zero-order valence-corrected chi connectivity index (χ0v) is 15.2. The van der Waals surface area contributed by atoms with E-state index in [1.165, 1.54) is 35.2 Å². The van der Waals surface area contributed by atoms with Crippen molar-refractivity contribution in [2.75, 3.05) is 5.75 Å². The van der Waals surface area contributed by atoms with Gasteiger partial charge in [-0.15, -0.1) is 11.8 Å². The summed E-state index contributed by atoms with van der Waals surface area (Å²) in [4.78, 5) is 17.9. The predicted molar refractivity (Wildman–Crippen MR) is 98.1 cm³/mol. The number of amides is 1. The second kappa shape index (κ2) is 7.51. The first kappa shape index (κ1) is 17.2. The van der Waals surface area contributed by atoms with Crippen molar-refractivity contribution >= 4 is 50.8 Å². The number of halogens is 2. The zero-order chi connectivity index (χ0) is 17.1. The van der Waals surface area contributed by atoms with Crippen molar-refractivity contribution in [2.24, 2.45) is 12.0 Å². The number of hydrogen-bond acceptors (Lipinski definition) is 3. The Labute approximate surface area is 151 Å². The van der Waals surface area contributed by atoms with Crippen LogP contribution in [-0.4, -0.2) is 16.2 Å². The average Bonchev–Trinajstić information content (AvgIpc) is 2.87. The lowest BCUT2D eigenvalue weighted by Crippen LogP contribution is -2.13. The highest BCUT2D eigenvalue weighted by Gasteiger charge is 2.08. The third-order valence-electron chi connectivity index (χ3n) is 3.39. The van der Waals surface area contributed by atoms with Crippen molar-refractivity contribution in [3.63, 3.8) is 0 Å². The van der Waals surface area contributed by atoms with E-state index < -0.39 is 0 Å². The van der Waals surface area contributed by atoms with E-state index in [9.17, 15) is 9.18 Å². The minimum Gasteiger partial charge on any atom is -0.318 e. The van der Waals surface area contributed by atoms with Crippen molar-refractivity contribution < 1.29 is 9.18 Å². The Hall–Kier alpha value is -1.63. The molecule has 3 aromatic rings. The molecule has 0 fully saturated rings. The van der Waals surface area contributed by atoms with E-state index in [2.05, 4.69) is 4.99 Å². The lowest BCUT2D eigenvalue weighted by molar-refractivity contribution is -0.117. The Morgan fingerprint density at radius 3 is 2.75 bits per heavy atom. The molecule has 0 radical (unpaired) electrons. The normalized spacial score (nSPS) is 12.0. The fourth-order valence-corrected chi connectivity index (χ4v) is 4.47. The number of carbonyl (C=O) groups excluding carboxylic acids is 1. The van der Waals surface area contributed by atoms with Gasteiger partial charge in [-0.05, 0) is 36.4 Å². The van der Waals surface area contributed by atoms with Gasteiger partial charge in [0.15, 0.2) is 4.80 Å². The third kappa shape index (κ3) is 3.88. The number of aryl methyl sites for hydroxylation is 1. The van der Waals surface area contributed by atoms with Crippen LogP contribution in [-0.2, 0) is 11.8 Å². The summed E-state index contributed by atoms with van der Waals surface area (Å²) in [6, 6.07) is 11.9. The van der Waals surface area contributed by atoms with E-state index in [4.69, 9.17) is 11.6 Å². The number of aromatic nitrogens is 1. The van der Waals surface area contributed by atoms with Gasteiger partial charge in [-0.3, -0.25) is 4.79 Å². The molecule has 3 rings (SSSR count). The number of benzene rings is 2. The third-order valence-corrected chi connectivity index (χ3v) is 5.81. The van der Waals surface area contributed by atoms with Gasteiger partial charge in [0.2, 0.25) is 5.91 Å². The fourth-order valence-electron chi connectivity index (χ4n) is 2.21. The monoisotopic (exact) mass is 380 g/mol. The molecule has 0 aliphatic carbocycles. The fraction of sp³-hybridized carbons (Fsp3) is 0.176. The smallest absolute Gasteiger partial charge is 0.249 e. The summed E-state index contributed by atoms with van der Waals surface area (Å²) >= 11 is 9.15. The Morgan fingerprint density at radius 2 is 2.04 bits per heavy atom. The largest absolute Gasteiger partial charge is 0.318 e. The number of hydrogen-bond donors (Lipinski definition) is 0. The Morgan fingerprint density at radius 1 is 1.29 bits per heavy atom. The quantitative estimate of drug-likeness (QED) is 0.618. The number of thioether (sulfide) groups is 1. The van der Waals surface area contributed by atoms with Gasteiger partial charge in [0.1, 0.15) is 5.82 Å². The van der Waals surface area contributed by atoms with Crippen LogP contribution in [0.5, 0.6) is 0 Å². The van der Waals surface area contributed by atoms with Gasteiger partial charge in [-0.1, -0.05) is 29.0 Å². The summed E-state index contributed by atoms with van der Waals surface area (Å²) < 4.78 is 15.7. The van der Waals surface area contributed by atoms with Gasteiger partial charge in [-0.2, -0.15) is 4.99 Å². The zero-order valence-electron chi connectivity index (χ0n) is 12.8. The molecule has 0 saturated heterocycles. The highest BCUT2D eigenvalue weighted by molar-refractivity contribution is 7.99. The molecule has 7 heteroatoms. The molecule has 1 aromatic heterocycles. The number of rotatable bonds is 4. The maximum absolute atomic E-state index is 12.8. The van der Waals surface area contributed by atoms with E-state index in [0.29, 0.717) is 22.0 Å².